The first-order chi connectivity index (χ1) is 7.27. The van der Waals surface area contributed by atoms with Crippen molar-refractivity contribution >= 4 is 25.4 Å². The number of pyridine rings is 1. The molecule has 0 radical (unpaired) electrons. The van der Waals surface area contributed by atoms with Gasteiger partial charge in [0, 0.05) is 10.7 Å². The van der Waals surface area contributed by atoms with E-state index < -0.39 is 37.4 Å². The minimum atomic E-state index is -4.37. The monoisotopic (exact) mass is 267 g/mol. The van der Waals surface area contributed by atoms with Crippen molar-refractivity contribution < 1.29 is 17.2 Å². The van der Waals surface area contributed by atoms with Gasteiger partial charge in [0.2, 0.25) is 0 Å². The summed E-state index contributed by atoms with van der Waals surface area (Å²) in [6, 6.07) is 2.25. The molecule has 86 valence electrons. The average Bonchev–Trinajstić information content (AvgIpc) is 2.14. The van der Waals surface area contributed by atoms with E-state index in [1.165, 1.54) is 6.07 Å². The van der Waals surface area contributed by atoms with Crippen molar-refractivity contribution in [3.05, 3.63) is 17.3 Å². The van der Waals surface area contributed by atoms with Crippen LogP contribution in [0.1, 0.15) is 17.7 Å². The van der Waals surface area contributed by atoms with Gasteiger partial charge in [0.05, 0.1) is 11.3 Å². The van der Waals surface area contributed by atoms with Gasteiger partial charge in [-0.25, -0.2) is 22.2 Å². The molecule has 2 N–H and O–H groups in total. The highest BCUT2D eigenvalue weighted by Gasteiger charge is 2.23. The van der Waals surface area contributed by atoms with Crippen LogP contribution in [0.4, 0.5) is 14.5 Å². The number of aromatic nitrogens is 1. The lowest BCUT2D eigenvalue weighted by atomic mass is 10.2. The lowest BCUT2D eigenvalue weighted by Gasteiger charge is -2.06. The zero-order chi connectivity index (χ0) is 12.5. The first-order valence-corrected chi connectivity index (χ1v) is 6.01. The molecule has 0 spiro atoms. The summed E-state index contributed by atoms with van der Waals surface area (Å²) in [5.74, 6) is 0. The molecule has 0 saturated heterocycles. The summed E-state index contributed by atoms with van der Waals surface area (Å²) < 4.78 is 46.7. The van der Waals surface area contributed by atoms with E-state index in [-0.39, 0.29) is 0 Å². The summed E-state index contributed by atoms with van der Waals surface area (Å²) in [4.78, 5) is 3.10. The highest BCUT2D eigenvalue weighted by atomic mass is 35.7. The maximum absolute atomic E-state index is 12.4. The maximum Gasteiger partial charge on any atom is 0.282 e. The topological polar surface area (TPSA) is 96.8 Å². The van der Waals surface area contributed by atoms with Crippen molar-refractivity contribution in [2.75, 3.05) is 5.73 Å². The highest BCUT2D eigenvalue weighted by molar-refractivity contribution is 8.13. The number of nitrogen functional groups attached to an aromatic ring is 1. The Hall–Kier alpha value is -1.46. The van der Waals surface area contributed by atoms with E-state index in [4.69, 9.17) is 21.7 Å². The van der Waals surface area contributed by atoms with Crippen LogP contribution in [0.15, 0.2) is 11.1 Å². The van der Waals surface area contributed by atoms with Crippen molar-refractivity contribution in [2.24, 2.45) is 0 Å². The second kappa shape index (κ2) is 4.19. The fourth-order valence-corrected chi connectivity index (χ4v) is 1.89. The second-order valence-corrected chi connectivity index (χ2v) is 5.15. The zero-order valence-electron chi connectivity index (χ0n) is 7.49. The van der Waals surface area contributed by atoms with Gasteiger partial charge in [0.25, 0.3) is 15.5 Å². The number of anilines is 1. The van der Waals surface area contributed by atoms with Crippen LogP contribution in [0.25, 0.3) is 0 Å². The Bertz CT molecular complexity index is 568. The third kappa shape index (κ3) is 2.37. The molecule has 0 saturated carbocycles. The number of hydrogen-bond donors (Lipinski definition) is 1. The number of nitrogens with two attached hydrogens (primary N) is 1. The lowest BCUT2D eigenvalue weighted by Crippen LogP contribution is -2.06. The Morgan fingerprint density at radius 2 is 2.12 bits per heavy atom. The molecule has 1 aromatic heterocycles. The minimum absolute atomic E-state index is 0.462. The Morgan fingerprint density at radius 3 is 2.50 bits per heavy atom. The minimum Gasteiger partial charge on any atom is -0.397 e. The number of hydrogen-bond acceptors (Lipinski definition) is 5. The van der Waals surface area contributed by atoms with Crippen molar-refractivity contribution in [3.8, 4) is 6.07 Å². The summed E-state index contributed by atoms with van der Waals surface area (Å²) >= 11 is 0. The Balaban J connectivity index is 3.62. The molecule has 0 fully saturated rings. The number of nitriles is 1. The highest BCUT2D eigenvalue weighted by Crippen LogP contribution is 2.27. The van der Waals surface area contributed by atoms with Crippen molar-refractivity contribution in [1.29, 1.82) is 5.26 Å². The molecule has 9 heteroatoms. The molecule has 0 aliphatic carbocycles. The zero-order valence-corrected chi connectivity index (χ0v) is 9.06. The smallest absolute Gasteiger partial charge is 0.282 e. The Labute approximate surface area is 93.9 Å². The van der Waals surface area contributed by atoms with Crippen LogP contribution < -0.4 is 5.73 Å². The summed E-state index contributed by atoms with van der Waals surface area (Å²) in [7, 11) is 0.576. The molecule has 0 bridgehead atoms. The lowest BCUT2D eigenvalue weighted by molar-refractivity contribution is 0.146. The van der Waals surface area contributed by atoms with Gasteiger partial charge < -0.3 is 5.73 Å². The summed E-state index contributed by atoms with van der Waals surface area (Å²) in [5.41, 5.74) is 3.32. The van der Waals surface area contributed by atoms with E-state index in [1.54, 1.807) is 0 Å². The third-order valence-electron chi connectivity index (χ3n) is 1.61. The Morgan fingerprint density at radius 1 is 1.56 bits per heavy atom. The van der Waals surface area contributed by atoms with Gasteiger partial charge in [0.15, 0.2) is 5.03 Å². The molecule has 5 nitrogen and oxygen atoms in total. The molecular weight excluding hydrogens is 264 g/mol. The molecule has 16 heavy (non-hydrogen) atoms. The van der Waals surface area contributed by atoms with Gasteiger partial charge in [-0.1, -0.05) is 0 Å². The van der Waals surface area contributed by atoms with E-state index in [1.807, 2.05) is 0 Å². The summed E-state index contributed by atoms with van der Waals surface area (Å²) in [6.07, 6.45) is -3.05. The van der Waals surface area contributed by atoms with Gasteiger partial charge in [-0.05, 0) is 6.07 Å². The molecule has 1 rings (SSSR count). The van der Waals surface area contributed by atoms with Crippen LogP contribution in [0, 0.1) is 11.3 Å². The van der Waals surface area contributed by atoms with E-state index in [0.29, 0.717) is 0 Å². The van der Waals surface area contributed by atoms with Gasteiger partial charge in [-0.2, -0.15) is 5.26 Å². The van der Waals surface area contributed by atoms with Crippen molar-refractivity contribution in [2.45, 2.75) is 11.5 Å². The number of nitrogens with zero attached hydrogens (tertiary/aromatic N) is 2. The fourth-order valence-electron chi connectivity index (χ4n) is 0.966. The van der Waals surface area contributed by atoms with Crippen molar-refractivity contribution in [1.82, 2.24) is 4.98 Å². The number of rotatable bonds is 2. The molecule has 0 aromatic carbocycles. The molecule has 0 atom stereocenters. The standard InChI is InChI=1S/C7H4ClF2N3O2S/c8-16(14,15)7-3(2-11)1-4(12)5(13-7)6(9)10/h1,6H,12H2. The van der Waals surface area contributed by atoms with Gasteiger partial charge in [-0.3, -0.25) is 0 Å². The van der Waals surface area contributed by atoms with E-state index >= 15 is 0 Å². The second-order valence-electron chi connectivity index (χ2n) is 2.67. The van der Waals surface area contributed by atoms with Crippen LogP contribution in [0.3, 0.4) is 0 Å². The number of halogens is 3. The van der Waals surface area contributed by atoms with Gasteiger partial charge in [0.1, 0.15) is 11.8 Å². The number of alkyl halides is 2. The van der Waals surface area contributed by atoms with Crippen LogP contribution in [-0.2, 0) is 9.05 Å². The average molecular weight is 268 g/mol. The summed E-state index contributed by atoms with van der Waals surface area (Å²) in [5, 5.41) is 7.66. The Kier molecular flexibility index (Phi) is 3.30. The fraction of sp³-hybridized carbons (Fsp3) is 0.143. The predicted molar refractivity (Wildman–Crippen MR) is 51.4 cm³/mol. The molecule has 1 heterocycles. The third-order valence-corrected chi connectivity index (χ3v) is 2.82. The van der Waals surface area contributed by atoms with Crippen molar-refractivity contribution in [3.63, 3.8) is 0 Å². The first-order valence-electron chi connectivity index (χ1n) is 3.70. The molecule has 0 unspecified atom stereocenters. The van der Waals surface area contributed by atoms with E-state index in [9.17, 15) is 17.2 Å². The van der Waals surface area contributed by atoms with Crippen LogP contribution in [-0.4, -0.2) is 13.4 Å². The molecular formula is C7H4ClF2N3O2S. The predicted octanol–water partition coefficient (Wildman–Crippen LogP) is 1.40. The normalized spacial score (nSPS) is 11.4. The summed E-state index contributed by atoms with van der Waals surface area (Å²) in [6.45, 7) is 0. The molecule has 0 amide bonds. The van der Waals surface area contributed by atoms with E-state index in [2.05, 4.69) is 4.98 Å². The van der Waals surface area contributed by atoms with Gasteiger partial charge >= 0.3 is 0 Å². The molecule has 1 aromatic rings. The van der Waals surface area contributed by atoms with E-state index in [0.717, 1.165) is 6.07 Å². The van der Waals surface area contributed by atoms with Gasteiger partial charge in [-0.15, -0.1) is 0 Å². The quantitative estimate of drug-likeness (QED) is 0.817. The van der Waals surface area contributed by atoms with Crippen LogP contribution in [0.2, 0.25) is 0 Å². The molecule has 0 aliphatic rings. The SMILES string of the molecule is N#Cc1cc(N)c(C(F)F)nc1S(=O)(=O)Cl. The van der Waals surface area contributed by atoms with Crippen LogP contribution >= 0.6 is 10.7 Å². The van der Waals surface area contributed by atoms with Crippen LogP contribution in [0.5, 0.6) is 0 Å². The molecule has 0 aliphatic heterocycles. The maximum atomic E-state index is 12.4. The largest absolute Gasteiger partial charge is 0.397 e. The first kappa shape index (κ1) is 12.6.